The molecular weight excluding hydrogens is 452 g/mol. The number of amides is 2. The molecule has 3 heterocycles. The number of hydrogen-bond acceptors (Lipinski definition) is 5. The lowest BCUT2D eigenvalue weighted by molar-refractivity contribution is -0.154. The summed E-state index contributed by atoms with van der Waals surface area (Å²) in [5, 5.41) is 0.561. The van der Waals surface area contributed by atoms with E-state index in [9.17, 15) is 9.59 Å². The van der Waals surface area contributed by atoms with E-state index in [1.54, 1.807) is 23.2 Å². The van der Waals surface area contributed by atoms with E-state index in [0.29, 0.717) is 18.1 Å². The number of aromatic nitrogens is 1. The van der Waals surface area contributed by atoms with E-state index in [2.05, 4.69) is 9.88 Å². The number of nitrogens with zero attached hydrogens (tertiary/aromatic N) is 4. The number of fused-ring (bicyclic) bond motifs is 1. The van der Waals surface area contributed by atoms with Gasteiger partial charge < -0.3 is 19.4 Å². The largest absolute Gasteiger partial charge is 0.482 e. The molecule has 0 radical (unpaired) electrons. The summed E-state index contributed by atoms with van der Waals surface area (Å²) >= 11 is 6.31. The fraction of sp³-hybridized carbons (Fsp3) is 0.423. The van der Waals surface area contributed by atoms with Gasteiger partial charge in [-0.05, 0) is 49.1 Å². The van der Waals surface area contributed by atoms with Gasteiger partial charge in [0.05, 0.1) is 6.04 Å². The van der Waals surface area contributed by atoms with Gasteiger partial charge in [0.15, 0.2) is 5.76 Å². The monoisotopic (exact) mass is 480 g/mol. The standard InChI is InChI=1S/C26H29ClN4O3/c27-20-8-2-1-7-19(20)17-23-26(33)31(21-9-3-4-10-22(21)34-23)18-25(32)30-15-13-29(14-16-30)24-11-5-6-12-28-24/h1-2,5-8,11-12,17,21-22H,3-4,9-10,13-16,18H2/b23-17+. The van der Waals surface area contributed by atoms with Crippen LogP contribution >= 0.6 is 11.6 Å². The molecule has 8 heteroatoms. The van der Waals surface area contributed by atoms with Gasteiger partial charge in [0.25, 0.3) is 5.91 Å². The molecule has 3 fully saturated rings. The van der Waals surface area contributed by atoms with Crippen LogP contribution in [-0.4, -0.2) is 71.5 Å². The van der Waals surface area contributed by atoms with E-state index in [1.807, 2.05) is 41.3 Å². The first-order valence-corrected chi connectivity index (χ1v) is 12.4. The molecule has 2 saturated heterocycles. The van der Waals surface area contributed by atoms with Crippen LogP contribution in [0.15, 0.2) is 54.4 Å². The van der Waals surface area contributed by atoms with Gasteiger partial charge in [0.2, 0.25) is 5.91 Å². The molecule has 178 valence electrons. The lowest BCUT2D eigenvalue weighted by Gasteiger charge is -2.45. The Balaban J connectivity index is 1.29. The minimum absolute atomic E-state index is 0.0164. The SMILES string of the molecule is O=C(CN1C(=O)/C(=C\c2ccccc2Cl)OC2CCCCC21)N1CCN(c2ccccn2)CC1. The van der Waals surface area contributed by atoms with Crippen molar-refractivity contribution in [1.29, 1.82) is 0 Å². The van der Waals surface area contributed by atoms with E-state index in [4.69, 9.17) is 16.3 Å². The van der Waals surface area contributed by atoms with Crippen LogP contribution in [0.4, 0.5) is 5.82 Å². The van der Waals surface area contributed by atoms with E-state index in [-0.39, 0.29) is 36.3 Å². The third kappa shape index (κ3) is 4.75. The number of carbonyl (C=O) groups excluding carboxylic acids is 2. The van der Waals surface area contributed by atoms with Gasteiger partial charge in [0, 0.05) is 37.4 Å². The number of carbonyl (C=O) groups is 2. The number of ether oxygens (including phenoxy) is 1. The van der Waals surface area contributed by atoms with E-state index in [1.165, 1.54) is 0 Å². The van der Waals surface area contributed by atoms with Crippen LogP contribution < -0.4 is 4.90 Å². The molecule has 2 amide bonds. The summed E-state index contributed by atoms with van der Waals surface area (Å²) in [5.74, 6) is 0.947. The van der Waals surface area contributed by atoms with Crippen molar-refractivity contribution in [3.8, 4) is 0 Å². The number of rotatable bonds is 4. The highest BCUT2D eigenvalue weighted by molar-refractivity contribution is 6.32. The smallest absolute Gasteiger partial charge is 0.289 e. The van der Waals surface area contributed by atoms with Crippen molar-refractivity contribution in [2.45, 2.75) is 37.8 Å². The van der Waals surface area contributed by atoms with Crippen LogP contribution in [0.5, 0.6) is 0 Å². The Morgan fingerprint density at radius 2 is 1.82 bits per heavy atom. The maximum absolute atomic E-state index is 13.5. The lowest BCUT2D eigenvalue weighted by Crippen LogP contribution is -2.58. The Hall–Kier alpha value is -3.06. The molecule has 2 aromatic rings. The molecule has 2 unspecified atom stereocenters. The molecule has 1 aromatic carbocycles. The maximum Gasteiger partial charge on any atom is 0.289 e. The molecule has 2 atom stereocenters. The van der Waals surface area contributed by atoms with Crippen molar-refractivity contribution in [3.63, 3.8) is 0 Å². The summed E-state index contributed by atoms with van der Waals surface area (Å²) in [5.41, 5.74) is 0.735. The summed E-state index contributed by atoms with van der Waals surface area (Å²) in [6.07, 6.45) is 7.24. The number of halogens is 1. The van der Waals surface area contributed by atoms with Crippen LogP contribution in [0.25, 0.3) is 6.08 Å². The Morgan fingerprint density at radius 1 is 1.06 bits per heavy atom. The topological polar surface area (TPSA) is 66.0 Å². The van der Waals surface area contributed by atoms with Gasteiger partial charge in [-0.2, -0.15) is 0 Å². The van der Waals surface area contributed by atoms with E-state index >= 15 is 0 Å². The van der Waals surface area contributed by atoms with Gasteiger partial charge in [-0.1, -0.05) is 42.3 Å². The highest BCUT2D eigenvalue weighted by atomic mass is 35.5. The maximum atomic E-state index is 13.5. The molecule has 0 spiro atoms. The molecule has 0 N–H and O–H groups in total. The Bertz CT molecular complexity index is 1070. The second-order valence-corrected chi connectivity index (χ2v) is 9.43. The summed E-state index contributed by atoms with van der Waals surface area (Å²) < 4.78 is 6.15. The number of benzene rings is 1. The molecule has 7 nitrogen and oxygen atoms in total. The van der Waals surface area contributed by atoms with Crippen LogP contribution in [0.3, 0.4) is 0 Å². The number of piperazine rings is 1. The van der Waals surface area contributed by atoms with Crippen molar-refractivity contribution in [2.75, 3.05) is 37.6 Å². The highest BCUT2D eigenvalue weighted by Gasteiger charge is 2.42. The van der Waals surface area contributed by atoms with Crippen molar-refractivity contribution in [2.24, 2.45) is 0 Å². The van der Waals surface area contributed by atoms with Crippen LogP contribution in [0.2, 0.25) is 5.02 Å². The summed E-state index contributed by atoms with van der Waals surface area (Å²) in [7, 11) is 0. The predicted molar refractivity (Wildman–Crippen MR) is 131 cm³/mol. The first-order chi connectivity index (χ1) is 16.6. The second kappa shape index (κ2) is 10.1. The van der Waals surface area contributed by atoms with Crippen molar-refractivity contribution >= 4 is 35.3 Å². The summed E-state index contributed by atoms with van der Waals surface area (Å²) in [6, 6.07) is 13.2. The predicted octanol–water partition coefficient (Wildman–Crippen LogP) is 3.59. The number of morpholine rings is 1. The summed E-state index contributed by atoms with van der Waals surface area (Å²) in [4.78, 5) is 36.9. The van der Waals surface area contributed by atoms with Crippen LogP contribution in [-0.2, 0) is 14.3 Å². The van der Waals surface area contributed by atoms with Crippen molar-refractivity contribution in [3.05, 3.63) is 65.0 Å². The average Bonchev–Trinajstić information content (AvgIpc) is 2.88. The van der Waals surface area contributed by atoms with E-state index in [0.717, 1.165) is 50.2 Å². The first kappa shape index (κ1) is 22.7. The Labute approximate surface area is 204 Å². The Kier molecular flexibility index (Phi) is 6.72. The van der Waals surface area contributed by atoms with Crippen molar-refractivity contribution < 1.29 is 14.3 Å². The molecule has 2 aliphatic heterocycles. The van der Waals surface area contributed by atoms with Crippen LogP contribution in [0, 0.1) is 0 Å². The molecule has 1 aliphatic carbocycles. The molecule has 34 heavy (non-hydrogen) atoms. The van der Waals surface area contributed by atoms with Crippen LogP contribution in [0.1, 0.15) is 31.2 Å². The van der Waals surface area contributed by atoms with E-state index < -0.39 is 0 Å². The van der Waals surface area contributed by atoms with Gasteiger partial charge in [-0.15, -0.1) is 0 Å². The van der Waals surface area contributed by atoms with Gasteiger partial charge in [-0.25, -0.2) is 4.98 Å². The number of anilines is 1. The fourth-order valence-corrected chi connectivity index (χ4v) is 5.26. The second-order valence-electron chi connectivity index (χ2n) is 9.03. The quantitative estimate of drug-likeness (QED) is 0.626. The third-order valence-corrected chi connectivity index (χ3v) is 7.27. The van der Waals surface area contributed by atoms with Gasteiger partial charge >= 0.3 is 0 Å². The minimum atomic E-state index is -0.233. The first-order valence-electron chi connectivity index (χ1n) is 12.0. The normalized spacial score (nSPS) is 24.1. The molecule has 1 aromatic heterocycles. The molecular formula is C26H29ClN4O3. The molecule has 3 aliphatic rings. The molecule has 0 bridgehead atoms. The molecule has 5 rings (SSSR count). The Morgan fingerprint density at radius 3 is 2.59 bits per heavy atom. The zero-order chi connectivity index (χ0) is 23.5. The zero-order valence-corrected chi connectivity index (χ0v) is 19.9. The van der Waals surface area contributed by atoms with Crippen molar-refractivity contribution in [1.82, 2.24) is 14.8 Å². The fourth-order valence-electron chi connectivity index (χ4n) is 5.07. The lowest BCUT2D eigenvalue weighted by atomic mass is 9.89. The zero-order valence-electron chi connectivity index (χ0n) is 19.1. The number of pyridine rings is 1. The van der Waals surface area contributed by atoms with Gasteiger partial charge in [-0.3, -0.25) is 9.59 Å². The average molecular weight is 481 g/mol. The third-order valence-electron chi connectivity index (χ3n) is 6.92. The number of hydrogen-bond donors (Lipinski definition) is 0. The highest BCUT2D eigenvalue weighted by Crippen LogP contribution is 2.34. The molecule has 1 saturated carbocycles. The summed E-state index contributed by atoms with van der Waals surface area (Å²) in [6.45, 7) is 2.76. The minimum Gasteiger partial charge on any atom is -0.482 e. The van der Waals surface area contributed by atoms with Gasteiger partial charge in [0.1, 0.15) is 18.5 Å².